The summed E-state index contributed by atoms with van der Waals surface area (Å²) in [6.07, 6.45) is 5.80. The largest absolute Gasteiger partial charge is 0.288 e. The van der Waals surface area contributed by atoms with E-state index >= 15 is 0 Å². The van der Waals surface area contributed by atoms with Crippen LogP contribution in [0.1, 0.15) is 18.2 Å². The summed E-state index contributed by atoms with van der Waals surface area (Å²) >= 11 is 1.31. The summed E-state index contributed by atoms with van der Waals surface area (Å²) in [5.74, 6) is 0.726. The fraction of sp³-hybridized carbons (Fsp3) is 0.400. The molecule has 0 spiro atoms. The third kappa shape index (κ3) is 3.03. The topological polar surface area (TPSA) is 34.9 Å². The zero-order chi connectivity index (χ0) is 10.6. The fourth-order valence-electron chi connectivity index (χ4n) is 1.02. The summed E-state index contributed by atoms with van der Waals surface area (Å²) in [4.78, 5) is 10.6. The quantitative estimate of drug-likeness (QED) is 0.765. The maximum absolute atomic E-state index is 10.6. The van der Waals surface area contributed by atoms with Crippen LogP contribution in [-0.2, 0) is 11.8 Å². The SMILES string of the molecule is CC(=O)SCC=Cc1cnn(C)c1C. The zero-order valence-corrected chi connectivity index (χ0v) is 9.47. The van der Waals surface area contributed by atoms with Crippen molar-refractivity contribution < 1.29 is 4.79 Å². The molecule has 0 radical (unpaired) electrons. The first-order valence-electron chi connectivity index (χ1n) is 4.39. The number of nitrogens with zero attached hydrogens (tertiary/aromatic N) is 2. The van der Waals surface area contributed by atoms with Crippen molar-refractivity contribution in [3.63, 3.8) is 0 Å². The Morgan fingerprint density at radius 1 is 1.71 bits per heavy atom. The number of thioether (sulfide) groups is 1. The summed E-state index contributed by atoms with van der Waals surface area (Å²) in [5.41, 5.74) is 2.24. The lowest BCUT2D eigenvalue weighted by molar-refractivity contribution is -0.109. The molecule has 1 heterocycles. The Bertz CT molecular complexity index is 355. The van der Waals surface area contributed by atoms with Gasteiger partial charge in [-0.05, 0) is 6.92 Å². The summed E-state index contributed by atoms with van der Waals surface area (Å²) < 4.78 is 1.83. The van der Waals surface area contributed by atoms with E-state index in [0.29, 0.717) is 0 Å². The molecule has 0 aromatic carbocycles. The molecule has 0 saturated heterocycles. The molecule has 0 aliphatic rings. The molecule has 3 nitrogen and oxygen atoms in total. The van der Waals surface area contributed by atoms with Crippen LogP contribution in [0.5, 0.6) is 0 Å². The molecule has 0 saturated carbocycles. The highest BCUT2D eigenvalue weighted by Crippen LogP contribution is 2.09. The summed E-state index contributed by atoms with van der Waals surface area (Å²) in [5, 5.41) is 4.27. The predicted octanol–water partition coefficient (Wildman–Crippen LogP) is 2.02. The van der Waals surface area contributed by atoms with Crippen molar-refractivity contribution in [1.82, 2.24) is 9.78 Å². The summed E-state index contributed by atoms with van der Waals surface area (Å²) in [6, 6.07) is 0. The molecule has 0 atom stereocenters. The summed E-state index contributed by atoms with van der Waals surface area (Å²) in [7, 11) is 1.91. The normalized spacial score (nSPS) is 11.1. The lowest BCUT2D eigenvalue weighted by Gasteiger charge is -1.93. The zero-order valence-electron chi connectivity index (χ0n) is 8.65. The second-order valence-corrected chi connectivity index (χ2v) is 4.21. The molecule has 1 aromatic heterocycles. The van der Waals surface area contributed by atoms with E-state index in [0.717, 1.165) is 17.0 Å². The van der Waals surface area contributed by atoms with E-state index in [-0.39, 0.29) is 5.12 Å². The average molecular weight is 210 g/mol. The minimum atomic E-state index is 0.151. The third-order valence-corrected chi connectivity index (χ3v) is 2.72. The molecule has 76 valence electrons. The monoisotopic (exact) mass is 210 g/mol. The Hall–Kier alpha value is -1.03. The highest BCUT2D eigenvalue weighted by Gasteiger charge is 1.98. The van der Waals surface area contributed by atoms with Crippen molar-refractivity contribution >= 4 is 23.0 Å². The predicted molar refractivity (Wildman–Crippen MR) is 60.1 cm³/mol. The Balaban J connectivity index is 2.52. The van der Waals surface area contributed by atoms with Gasteiger partial charge >= 0.3 is 0 Å². The second-order valence-electron chi connectivity index (χ2n) is 3.01. The number of aromatic nitrogens is 2. The van der Waals surface area contributed by atoms with Gasteiger partial charge in [0.15, 0.2) is 5.12 Å². The van der Waals surface area contributed by atoms with Gasteiger partial charge in [0.1, 0.15) is 0 Å². The first-order valence-corrected chi connectivity index (χ1v) is 5.38. The molecule has 0 bridgehead atoms. The van der Waals surface area contributed by atoms with E-state index in [1.54, 1.807) is 6.92 Å². The maximum atomic E-state index is 10.6. The fourth-order valence-corrected chi connectivity index (χ4v) is 1.45. The van der Waals surface area contributed by atoms with Crippen molar-refractivity contribution in [2.75, 3.05) is 5.75 Å². The van der Waals surface area contributed by atoms with Crippen LogP contribution in [0.15, 0.2) is 12.3 Å². The van der Waals surface area contributed by atoms with Gasteiger partial charge in [-0.2, -0.15) is 5.10 Å². The molecule has 0 aliphatic heterocycles. The van der Waals surface area contributed by atoms with Gasteiger partial charge in [0.2, 0.25) is 0 Å². The van der Waals surface area contributed by atoms with Gasteiger partial charge in [-0.15, -0.1) is 0 Å². The lowest BCUT2D eigenvalue weighted by Crippen LogP contribution is -1.92. The van der Waals surface area contributed by atoms with Crippen LogP contribution in [0.3, 0.4) is 0 Å². The average Bonchev–Trinajstić information content (AvgIpc) is 2.43. The number of carbonyl (C=O) groups is 1. The van der Waals surface area contributed by atoms with Crippen LogP contribution >= 0.6 is 11.8 Å². The molecular weight excluding hydrogens is 196 g/mol. The highest BCUT2D eigenvalue weighted by atomic mass is 32.2. The van der Waals surface area contributed by atoms with E-state index in [2.05, 4.69) is 5.10 Å². The van der Waals surface area contributed by atoms with Crippen molar-refractivity contribution in [2.45, 2.75) is 13.8 Å². The van der Waals surface area contributed by atoms with Gasteiger partial charge < -0.3 is 0 Å². The van der Waals surface area contributed by atoms with Gasteiger partial charge in [0.25, 0.3) is 0 Å². The number of hydrogen-bond donors (Lipinski definition) is 0. The molecule has 0 N–H and O–H groups in total. The van der Waals surface area contributed by atoms with Gasteiger partial charge in [-0.3, -0.25) is 9.48 Å². The lowest BCUT2D eigenvalue weighted by atomic mass is 10.2. The van der Waals surface area contributed by atoms with Gasteiger partial charge in [-0.1, -0.05) is 23.9 Å². The van der Waals surface area contributed by atoms with Crippen LogP contribution < -0.4 is 0 Å². The maximum Gasteiger partial charge on any atom is 0.186 e. The molecule has 14 heavy (non-hydrogen) atoms. The van der Waals surface area contributed by atoms with Gasteiger partial charge in [-0.25, -0.2) is 0 Å². The first kappa shape index (κ1) is 11.0. The standard InChI is InChI=1S/C10H14N2OS/c1-8-10(7-11-12(8)3)5-4-6-14-9(2)13/h4-5,7H,6H2,1-3H3. The Labute approximate surface area is 88.2 Å². The van der Waals surface area contributed by atoms with E-state index in [1.165, 1.54) is 11.8 Å². The Morgan fingerprint density at radius 3 is 2.93 bits per heavy atom. The first-order chi connectivity index (χ1) is 6.61. The Morgan fingerprint density at radius 2 is 2.43 bits per heavy atom. The van der Waals surface area contributed by atoms with Crippen LogP contribution in [-0.4, -0.2) is 20.6 Å². The number of hydrogen-bond acceptors (Lipinski definition) is 3. The van der Waals surface area contributed by atoms with Crippen molar-refractivity contribution in [1.29, 1.82) is 0 Å². The number of rotatable bonds is 3. The number of aryl methyl sites for hydroxylation is 1. The van der Waals surface area contributed by atoms with Crippen molar-refractivity contribution in [3.05, 3.63) is 23.5 Å². The molecule has 0 unspecified atom stereocenters. The third-order valence-electron chi connectivity index (χ3n) is 1.95. The minimum Gasteiger partial charge on any atom is -0.288 e. The van der Waals surface area contributed by atoms with E-state index in [1.807, 2.05) is 37.0 Å². The van der Waals surface area contributed by atoms with E-state index in [9.17, 15) is 4.79 Å². The van der Waals surface area contributed by atoms with Crippen molar-refractivity contribution in [3.8, 4) is 0 Å². The number of carbonyl (C=O) groups excluding carboxylic acids is 1. The molecule has 0 aliphatic carbocycles. The van der Waals surface area contributed by atoms with Crippen LogP contribution in [0, 0.1) is 6.92 Å². The molecular formula is C10H14N2OS. The van der Waals surface area contributed by atoms with Crippen molar-refractivity contribution in [2.24, 2.45) is 7.05 Å². The molecule has 4 heteroatoms. The molecule has 1 aromatic rings. The minimum absolute atomic E-state index is 0.151. The van der Waals surface area contributed by atoms with Crippen LogP contribution in [0.2, 0.25) is 0 Å². The summed E-state index contributed by atoms with van der Waals surface area (Å²) in [6.45, 7) is 3.60. The molecule has 0 amide bonds. The molecule has 0 fully saturated rings. The Kier molecular flexibility index (Phi) is 3.95. The smallest absolute Gasteiger partial charge is 0.186 e. The van der Waals surface area contributed by atoms with Crippen LogP contribution in [0.4, 0.5) is 0 Å². The molecule has 1 rings (SSSR count). The second kappa shape index (κ2) is 5.00. The van der Waals surface area contributed by atoms with Gasteiger partial charge in [0, 0.05) is 31.0 Å². The van der Waals surface area contributed by atoms with Gasteiger partial charge in [0.05, 0.1) is 6.20 Å². The van der Waals surface area contributed by atoms with E-state index < -0.39 is 0 Å². The van der Waals surface area contributed by atoms with Crippen LogP contribution in [0.25, 0.3) is 6.08 Å². The van der Waals surface area contributed by atoms with E-state index in [4.69, 9.17) is 0 Å². The highest BCUT2D eigenvalue weighted by molar-refractivity contribution is 8.13.